The van der Waals surface area contributed by atoms with E-state index in [-0.39, 0.29) is 34.3 Å². The summed E-state index contributed by atoms with van der Waals surface area (Å²) >= 11 is 1.06. The van der Waals surface area contributed by atoms with Gasteiger partial charge in [-0.25, -0.2) is 4.79 Å². The number of hydrogen-bond acceptors (Lipinski definition) is 3. The molecule has 2 fully saturated rings. The number of nitrogens with one attached hydrogen (secondary N) is 1. The fourth-order valence-electron chi connectivity index (χ4n) is 3.61. The van der Waals surface area contributed by atoms with Gasteiger partial charge < -0.3 is 15.3 Å². The molecule has 1 aromatic rings. The van der Waals surface area contributed by atoms with Crippen LogP contribution < -0.4 is 5.32 Å². The van der Waals surface area contributed by atoms with Crippen LogP contribution in [-0.4, -0.2) is 46.4 Å². The van der Waals surface area contributed by atoms with Crippen LogP contribution in [0.1, 0.15) is 19.4 Å². The molecule has 5 nitrogen and oxygen atoms in total. The Balaban J connectivity index is 1.55. The van der Waals surface area contributed by atoms with Gasteiger partial charge in [-0.15, -0.1) is 11.8 Å². The van der Waals surface area contributed by atoms with Crippen molar-refractivity contribution in [2.24, 2.45) is 17.8 Å². The predicted molar refractivity (Wildman–Crippen MR) is 94.5 cm³/mol. The van der Waals surface area contributed by atoms with Crippen LogP contribution in [0.25, 0.3) is 0 Å². The molecule has 9 heteroatoms. The molecule has 1 aromatic carbocycles. The second-order valence-corrected chi connectivity index (χ2v) is 8.71. The lowest BCUT2D eigenvalue weighted by molar-refractivity contribution is -0.139. The number of alkyl halides is 3. The molecular weight excluding hydrogens is 381 g/mol. The number of halogens is 3. The quantitative estimate of drug-likeness (QED) is 0.739. The van der Waals surface area contributed by atoms with E-state index in [1.807, 2.05) is 0 Å². The molecule has 0 spiro atoms. The first-order valence-electron chi connectivity index (χ1n) is 8.58. The van der Waals surface area contributed by atoms with Crippen LogP contribution in [0.5, 0.6) is 0 Å². The highest BCUT2D eigenvalue weighted by Crippen LogP contribution is 2.52. The smallest absolute Gasteiger partial charge is 0.417 e. The molecule has 1 heterocycles. The zero-order valence-electron chi connectivity index (χ0n) is 14.9. The Hall–Kier alpha value is -1.90. The third kappa shape index (κ3) is 4.34. The SMILES string of the molecule is CC(C)(CSc1ccccc1C(F)(F)F)NC(=O)C1[C@H]2CN(C(=O)O)C[C@@H]12. The number of carboxylic acid groups (broad SMARTS) is 1. The van der Waals surface area contributed by atoms with E-state index in [2.05, 4.69) is 5.32 Å². The number of amides is 2. The summed E-state index contributed by atoms with van der Waals surface area (Å²) in [6, 6.07) is 5.39. The number of rotatable bonds is 5. The Labute approximate surface area is 159 Å². The van der Waals surface area contributed by atoms with Crippen molar-refractivity contribution in [3.05, 3.63) is 29.8 Å². The van der Waals surface area contributed by atoms with Crippen LogP contribution in [0.2, 0.25) is 0 Å². The van der Waals surface area contributed by atoms with Crippen molar-refractivity contribution in [3.8, 4) is 0 Å². The Morgan fingerprint density at radius 3 is 2.37 bits per heavy atom. The second kappa shape index (κ2) is 6.92. The summed E-state index contributed by atoms with van der Waals surface area (Å²) in [5, 5.41) is 11.9. The number of hydrogen-bond donors (Lipinski definition) is 2. The van der Waals surface area contributed by atoms with Crippen molar-refractivity contribution < 1.29 is 27.9 Å². The zero-order chi connectivity index (χ0) is 20.0. The van der Waals surface area contributed by atoms with Crippen LogP contribution >= 0.6 is 11.8 Å². The fourth-order valence-corrected chi connectivity index (χ4v) is 4.71. The number of nitrogens with zero attached hydrogens (tertiary/aromatic N) is 1. The molecule has 2 amide bonds. The largest absolute Gasteiger partial charge is 0.465 e. The summed E-state index contributed by atoms with van der Waals surface area (Å²) in [5.74, 6) is 0.0397. The van der Waals surface area contributed by atoms with Gasteiger partial charge in [-0.3, -0.25) is 4.79 Å². The molecule has 0 radical (unpaired) electrons. The van der Waals surface area contributed by atoms with Crippen LogP contribution in [-0.2, 0) is 11.0 Å². The molecule has 3 rings (SSSR count). The minimum atomic E-state index is -4.42. The lowest BCUT2D eigenvalue weighted by atomic mass is 10.1. The molecular formula is C18H21F3N2O3S. The lowest BCUT2D eigenvalue weighted by Gasteiger charge is -2.27. The van der Waals surface area contributed by atoms with Crippen LogP contribution in [0.3, 0.4) is 0 Å². The first-order chi connectivity index (χ1) is 12.5. The predicted octanol–water partition coefficient (Wildman–Crippen LogP) is 3.55. The summed E-state index contributed by atoms with van der Waals surface area (Å²) in [5.41, 5.74) is -1.37. The summed E-state index contributed by atoms with van der Waals surface area (Å²) in [4.78, 5) is 24.9. The number of likely N-dealkylation sites (tertiary alicyclic amines) is 1. The molecule has 1 aliphatic heterocycles. The van der Waals surface area contributed by atoms with Gasteiger partial charge in [-0.2, -0.15) is 13.2 Å². The lowest BCUT2D eigenvalue weighted by Crippen LogP contribution is -2.47. The number of piperidine rings is 1. The standard InChI is InChI=1S/C18H21F3N2O3S/c1-17(2,9-27-13-6-4-3-5-12(13)18(19,20)21)22-15(24)14-10-7-23(16(25)26)8-11(10)14/h3-6,10-11,14H,7-9H2,1-2H3,(H,22,24)(H,25,26)/t10-,11+,14?. The molecule has 1 aliphatic carbocycles. The van der Waals surface area contributed by atoms with Gasteiger partial charge >= 0.3 is 12.3 Å². The number of thioether (sulfide) groups is 1. The van der Waals surface area contributed by atoms with Crippen molar-refractivity contribution in [1.82, 2.24) is 10.2 Å². The second-order valence-electron chi connectivity index (χ2n) is 7.70. The van der Waals surface area contributed by atoms with E-state index in [1.165, 1.54) is 17.0 Å². The van der Waals surface area contributed by atoms with Crippen molar-refractivity contribution in [2.75, 3.05) is 18.8 Å². The molecule has 1 saturated carbocycles. The highest BCUT2D eigenvalue weighted by atomic mass is 32.2. The Morgan fingerprint density at radius 2 is 1.81 bits per heavy atom. The third-order valence-corrected chi connectivity index (χ3v) is 6.54. The third-order valence-electron chi connectivity index (χ3n) is 5.01. The van der Waals surface area contributed by atoms with Crippen molar-refractivity contribution in [3.63, 3.8) is 0 Å². The number of benzene rings is 1. The monoisotopic (exact) mass is 402 g/mol. The maximum absolute atomic E-state index is 13.1. The summed E-state index contributed by atoms with van der Waals surface area (Å²) in [7, 11) is 0. The van der Waals surface area contributed by atoms with Crippen LogP contribution in [0, 0.1) is 17.8 Å². The average molecular weight is 402 g/mol. The van der Waals surface area contributed by atoms with E-state index in [4.69, 9.17) is 5.11 Å². The highest BCUT2D eigenvalue weighted by Gasteiger charge is 2.60. The molecule has 1 unspecified atom stereocenters. The van der Waals surface area contributed by atoms with Gasteiger partial charge in [-0.05, 0) is 37.8 Å². The first kappa shape index (κ1) is 19.9. The number of fused-ring (bicyclic) bond motifs is 1. The van der Waals surface area contributed by atoms with Gasteiger partial charge in [0.05, 0.1) is 5.56 Å². The van der Waals surface area contributed by atoms with E-state index >= 15 is 0 Å². The summed E-state index contributed by atoms with van der Waals surface area (Å²) < 4.78 is 39.3. The van der Waals surface area contributed by atoms with Crippen molar-refractivity contribution in [2.45, 2.75) is 30.5 Å². The molecule has 2 N–H and O–H groups in total. The first-order valence-corrected chi connectivity index (χ1v) is 9.57. The van der Waals surface area contributed by atoms with Crippen molar-refractivity contribution >= 4 is 23.8 Å². The van der Waals surface area contributed by atoms with Gasteiger partial charge in [0.15, 0.2) is 0 Å². The van der Waals surface area contributed by atoms with Crippen molar-refractivity contribution in [1.29, 1.82) is 0 Å². The van der Waals surface area contributed by atoms with Gasteiger partial charge in [0.1, 0.15) is 0 Å². The molecule has 0 bridgehead atoms. The molecule has 148 valence electrons. The van der Waals surface area contributed by atoms with E-state index in [1.54, 1.807) is 19.9 Å². The maximum atomic E-state index is 13.1. The van der Waals surface area contributed by atoms with Gasteiger partial charge in [0.25, 0.3) is 0 Å². The Morgan fingerprint density at radius 1 is 1.22 bits per heavy atom. The molecule has 3 atom stereocenters. The molecule has 2 aliphatic rings. The van der Waals surface area contributed by atoms with E-state index in [0.717, 1.165) is 17.8 Å². The summed E-state index contributed by atoms with van der Waals surface area (Å²) in [6.07, 6.45) is -5.39. The average Bonchev–Trinajstić information content (AvgIpc) is 3.06. The number of carbonyl (C=O) groups is 2. The molecule has 27 heavy (non-hydrogen) atoms. The van der Waals surface area contributed by atoms with Gasteiger partial charge in [-0.1, -0.05) is 12.1 Å². The Bertz CT molecular complexity index is 742. The zero-order valence-corrected chi connectivity index (χ0v) is 15.7. The number of carbonyl (C=O) groups excluding carboxylic acids is 1. The van der Waals surface area contributed by atoms with Crippen LogP contribution in [0.15, 0.2) is 29.2 Å². The minimum absolute atomic E-state index is 0.0514. The maximum Gasteiger partial charge on any atom is 0.417 e. The Kier molecular flexibility index (Phi) is 5.09. The minimum Gasteiger partial charge on any atom is -0.465 e. The summed E-state index contributed by atoms with van der Waals surface area (Å²) in [6.45, 7) is 4.28. The van der Waals surface area contributed by atoms with Crippen LogP contribution in [0.4, 0.5) is 18.0 Å². The van der Waals surface area contributed by atoms with Gasteiger partial charge in [0.2, 0.25) is 5.91 Å². The fraction of sp³-hybridized carbons (Fsp3) is 0.556. The molecule has 1 saturated heterocycles. The normalized spacial score (nSPS) is 24.5. The molecule has 0 aromatic heterocycles. The van der Waals surface area contributed by atoms with E-state index < -0.39 is 23.4 Å². The van der Waals surface area contributed by atoms with Gasteiger partial charge in [0, 0.05) is 35.2 Å². The highest BCUT2D eigenvalue weighted by molar-refractivity contribution is 7.99. The topological polar surface area (TPSA) is 69.6 Å². The van der Waals surface area contributed by atoms with E-state index in [0.29, 0.717) is 13.1 Å². The van der Waals surface area contributed by atoms with E-state index in [9.17, 15) is 22.8 Å².